The third kappa shape index (κ3) is 7.92. The van der Waals surface area contributed by atoms with Gasteiger partial charge in [-0.15, -0.1) is 0 Å². The van der Waals surface area contributed by atoms with Gasteiger partial charge in [-0.3, -0.25) is 9.69 Å². The van der Waals surface area contributed by atoms with Crippen molar-refractivity contribution in [2.75, 3.05) is 61.5 Å². The van der Waals surface area contributed by atoms with Gasteiger partial charge in [0.25, 0.3) is 0 Å². The summed E-state index contributed by atoms with van der Waals surface area (Å²) in [4.78, 5) is 32.1. The van der Waals surface area contributed by atoms with Crippen LogP contribution in [0.15, 0.2) is 0 Å². The van der Waals surface area contributed by atoms with Crippen molar-refractivity contribution < 1.29 is 33.6 Å². The molecule has 244 valence electrons. The van der Waals surface area contributed by atoms with E-state index >= 15 is 0 Å². The number of carbonyl (C=O) groups excluding carboxylic acids is 2. The van der Waals surface area contributed by atoms with Crippen LogP contribution in [0.2, 0.25) is 0 Å². The molecule has 3 rings (SSSR count). The largest absolute Gasteiger partial charge is 0.496 e. The molecule has 3 saturated heterocycles. The molecule has 2 N–H and O–H groups in total. The number of esters is 1. The normalized spacial score (nSPS) is 40.7. The van der Waals surface area contributed by atoms with Crippen LogP contribution in [0.25, 0.3) is 0 Å². The van der Waals surface area contributed by atoms with Gasteiger partial charge >= 0.3 is 5.97 Å². The molecule has 0 aliphatic carbocycles. The van der Waals surface area contributed by atoms with Crippen LogP contribution in [0.1, 0.15) is 67.2 Å². The van der Waals surface area contributed by atoms with E-state index in [1.165, 1.54) is 0 Å². The molecule has 0 spiro atoms. The smallest absolute Gasteiger partial charge is 0.386 e. The van der Waals surface area contributed by atoms with Gasteiger partial charge in [-0.25, -0.2) is 0 Å². The fourth-order valence-electron chi connectivity index (χ4n) is 7.48. The number of aliphatic hydroxyl groups is 1. The summed E-state index contributed by atoms with van der Waals surface area (Å²) >= 11 is 0. The average molecular weight is 599 g/mol. The first-order chi connectivity index (χ1) is 19.5. The Morgan fingerprint density at radius 3 is 2.29 bits per heavy atom. The highest BCUT2D eigenvalue weighted by molar-refractivity contribution is 6.04. The summed E-state index contributed by atoms with van der Waals surface area (Å²) in [6, 6.07) is -0.0527. The molecule has 0 aromatic rings. The lowest BCUT2D eigenvalue weighted by molar-refractivity contribution is -0.295. The summed E-state index contributed by atoms with van der Waals surface area (Å²) in [5, 5.41) is 11.3. The molecule has 0 saturated carbocycles. The Balaban J connectivity index is 1.98. The molecule has 10 nitrogen and oxygen atoms in total. The number of cyclic esters (lactones) is 1. The highest BCUT2D eigenvalue weighted by atomic mass is 16.7. The highest BCUT2D eigenvalue weighted by Gasteiger charge is 2.54. The molecule has 0 aromatic carbocycles. The molecular formula is C32H60N3O7+. The Kier molecular flexibility index (Phi) is 12.0. The fourth-order valence-corrected chi connectivity index (χ4v) is 7.48. The zero-order chi connectivity index (χ0) is 31.6. The van der Waals surface area contributed by atoms with Gasteiger partial charge in [0.2, 0.25) is 0 Å². The number of hydrogen-bond donors (Lipinski definition) is 1. The quantitative estimate of drug-likeness (QED) is 0.291. The molecule has 9 atom stereocenters. The van der Waals surface area contributed by atoms with Gasteiger partial charge in [0.1, 0.15) is 6.10 Å². The van der Waals surface area contributed by atoms with Crippen molar-refractivity contribution in [3.63, 3.8) is 0 Å². The lowest BCUT2D eigenvalue weighted by atomic mass is 9.74. The van der Waals surface area contributed by atoms with Gasteiger partial charge in [-0.05, 0) is 106 Å². The molecular weight excluding hydrogens is 538 g/mol. The molecule has 3 heterocycles. The summed E-state index contributed by atoms with van der Waals surface area (Å²) in [6.45, 7) is 14.6. The van der Waals surface area contributed by atoms with E-state index in [-0.39, 0.29) is 35.9 Å². The molecule has 42 heavy (non-hydrogen) atoms. The number of ketones is 1. The van der Waals surface area contributed by atoms with Gasteiger partial charge < -0.3 is 38.6 Å². The van der Waals surface area contributed by atoms with Gasteiger partial charge in [-0.1, -0.05) is 13.8 Å². The number of ether oxygens (including phenoxy) is 4. The van der Waals surface area contributed by atoms with E-state index in [1.54, 1.807) is 21.0 Å². The van der Waals surface area contributed by atoms with Crippen LogP contribution in [0.5, 0.6) is 0 Å². The number of carbonyl (C=O) groups is 1. The maximum Gasteiger partial charge on any atom is 0.496 e. The lowest BCUT2D eigenvalue weighted by Crippen LogP contribution is -2.59. The maximum absolute atomic E-state index is 14.2. The second kappa shape index (κ2) is 14.3. The first kappa shape index (κ1) is 35.3. The summed E-state index contributed by atoms with van der Waals surface area (Å²) in [5.41, 5.74) is -2.16. The van der Waals surface area contributed by atoms with Crippen LogP contribution in [0, 0.1) is 23.2 Å². The number of hydrogen-bond acceptors (Lipinski definition) is 9. The zero-order valence-electron chi connectivity index (χ0n) is 28.1. The minimum absolute atomic E-state index is 0.100. The number of nitrogens with zero attached hydrogens (tertiary/aromatic N) is 3. The molecule has 0 radical (unpaired) electrons. The molecule has 3 aliphatic heterocycles. The predicted molar refractivity (Wildman–Crippen MR) is 164 cm³/mol. The van der Waals surface area contributed by atoms with Crippen molar-refractivity contribution >= 4 is 11.8 Å². The Morgan fingerprint density at radius 2 is 1.71 bits per heavy atom. The van der Waals surface area contributed by atoms with Gasteiger partial charge in [0.15, 0.2) is 24.1 Å². The van der Waals surface area contributed by atoms with Gasteiger partial charge in [0, 0.05) is 25.6 Å². The SMILES string of the molecule is CO[C@]1(C)C[C@@H](C)CN(C)[C@@H](C2CCN(C)CC2)COC(=[OH+])C(C)(C)C(=O)[C@H](C)[C@H]1O[C@@H]1O[C@H](C)C[C@H](N(C)C)[C@H]1O. The lowest BCUT2D eigenvalue weighted by Gasteiger charge is -2.47. The molecule has 3 aliphatic rings. The third-order valence-corrected chi connectivity index (χ3v) is 10.3. The number of rotatable bonds is 5. The minimum Gasteiger partial charge on any atom is -0.386 e. The number of methoxy groups -OCH3 is 1. The van der Waals surface area contributed by atoms with E-state index in [9.17, 15) is 14.7 Å². The number of likely N-dealkylation sites (tertiary alicyclic amines) is 1. The van der Waals surface area contributed by atoms with E-state index in [4.69, 9.17) is 18.9 Å². The first-order valence-corrected chi connectivity index (χ1v) is 15.8. The van der Waals surface area contributed by atoms with Crippen molar-refractivity contribution in [3.05, 3.63) is 0 Å². The van der Waals surface area contributed by atoms with Crippen molar-refractivity contribution in [1.29, 1.82) is 0 Å². The Bertz CT molecular complexity index is 909. The molecule has 0 bridgehead atoms. The number of Topliss-reactive ketones (excluding diaryl/α,β-unsaturated/α-hetero) is 1. The average Bonchev–Trinajstić information content (AvgIpc) is 2.92. The third-order valence-electron chi connectivity index (χ3n) is 10.3. The van der Waals surface area contributed by atoms with Gasteiger partial charge in [0.05, 0.1) is 23.9 Å². The number of piperidine rings is 1. The number of likely N-dealkylation sites (N-methyl/N-ethyl adjacent to an activating group) is 2. The van der Waals surface area contributed by atoms with Crippen LogP contribution in [0.4, 0.5) is 0 Å². The topological polar surface area (TPSA) is 105 Å². The van der Waals surface area contributed by atoms with Crippen LogP contribution < -0.4 is 0 Å². The van der Waals surface area contributed by atoms with Crippen molar-refractivity contribution in [1.82, 2.24) is 14.7 Å². The molecule has 0 unspecified atom stereocenters. The molecule has 0 amide bonds. The molecule has 0 aromatic heterocycles. The zero-order valence-corrected chi connectivity index (χ0v) is 28.1. The summed E-state index contributed by atoms with van der Waals surface area (Å²) in [6.07, 6.45) is 0.692. The van der Waals surface area contributed by atoms with E-state index in [0.717, 1.165) is 32.5 Å². The summed E-state index contributed by atoms with van der Waals surface area (Å²) < 4.78 is 25.1. The monoisotopic (exact) mass is 598 g/mol. The Hall–Kier alpha value is -1.14. The standard InChI is InChI=1S/C32H59N3O7/c1-20-17-32(6,39-11)28(42-29-26(36)24(33(7)8)16-21(2)41-29)22(3)27(37)31(4,5)30(38)40-19-25(35(10)18-20)23-12-14-34(9)15-13-23/h20-26,28-29,36H,12-19H2,1-11H3/p+1/t20-,21-,22+,24+,25-,26-,28-,29+,32-/m1/s1. The summed E-state index contributed by atoms with van der Waals surface area (Å²) in [7, 11) is 9.81. The Morgan fingerprint density at radius 1 is 1.10 bits per heavy atom. The first-order valence-electron chi connectivity index (χ1n) is 15.8. The molecule has 10 heteroatoms. The number of aliphatic hydroxyl groups excluding tert-OH is 1. The fraction of sp³-hybridized carbons (Fsp3) is 0.938. The second-order valence-corrected chi connectivity index (χ2v) is 14.5. The summed E-state index contributed by atoms with van der Waals surface area (Å²) in [5.74, 6) is -0.565. The predicted octanol–water partition coefficient (Wildman–Crippen LogP) is 2.64. The highest BCUT2D eigenvalue weighted by Crippen LogP contribution is 2.38. The van der Waals surface area contributed by atoms with Crippen LogP contribution in [0.3, 0.4) is 0 Å². The second-order valence-electron chi connectivity index (χ2n) is 14.5. The molecule has 3 fully saturated rings. The van der Waals surface area contributed by atoms with E-state index < -0.39 is 35.4 Å². The van der Waals surface area contributed by atoms with Gasteiger partial charge in [-0.2, -0.15) is 0 Å². The van der Waals surface area contributed by atoms with Crippen molar-refractivity contribution in [2.45, 2.75) is 110 Å². The van der Waals surface area contributed by atoms with Crippen molar-refractivity contribution in [3.8, 4) is 0 Å². The Labute approximate surface area is 254 Å². The van der Waals surface area contributed by atoms with Crippen LogP contribution in [-0.2, 0) is 23.7 Å². The van der Waals surface area contributed by atoms with E-state index in [1.807, 2.05) is 39.8 Å². The van der Waals surface area contributed by atoms with Crippen LogP contribution >= 0.6 is 0 Å². The van der Waals surface area contributed by atoms with Crippen molar-refractivity contribution in [2.24, 2.45) is 23.2 Å². The van der Waals surface area contributed by atoms with Crippen LogP contribution in [-0.4, -0.2) is 140 Å². The minimum atomic E-state index is -1.28. The van der Waals surface area contributed by atoms with E-state index in [0.29, 0.717) is 25.4 Å². The maximum atomic E-state index is 14.2. The van der Waals surface area contributed by atoms with E-state index in [2.05, 4.69) is 30.8 Å².